The SMILES string of the molecule is O=S(=O)(c1cccc(Cl)c1)N1CCC(O)(c2cccc(C(F)(F)F)c2)CC1. The lowest BCUT2D eigenvalue weighted by Gasteiger charge is -2.38. The van der Waals surface area contributed by atoms with Crippen LogP contribution in [0.15, 0.2) is 53.4 Å². The van der Waals surface area contributed by atoms with Gasteiger partial charge < -0.3 is 5.11 Å². The highest BCUT2D eigenvalue weighted by molar-refractivity contribution is 7.89. The van der Waals surface area contributed by atoms with Gasteiger partial charge >= 0.3 is 6.18 Å². The van der Waals surface area contributed by atoms with Crippen molar-refractivity contribution in [2.45, 2.75) is 29.5 Å². The minimum Gasteiger partial charge on any atom is -0.385 e. The summed E-state index contributed by atoms with van der Waals surface area (Å²) < 4.78 is 65.4. The molecule has 0 bridgehead atoms. The van der Waals surface area contributed by atoms with Crippen LogP contribution in [0.5, 0.6) is 0 Å². The molecule has 1 aliphatic heterocycles. The molecule has 0 aliphatic carbocycles. The second kappa shape index (κ2) is 7.09. The fraction of sp³-hybridized carbons (Fsp3) is 0.333. The van der Waals surface area contributed by atoms with Gasteiger partial charge in [-0.25, -0.2) is 8.42 Å². The van der Waals surface area contributed by atoms with Gasteiger partial charge in [0.2, 0.25) is 10.0 Å². The normalized spacial score (nSPS) is 18.4. The highest BCUT2D eigenvalue weighted by Gasteiger charge is 2.39. The summed E-state index contributed by atoms with van der Waals surface area (Å²) >= 11 is 5.85. The molecule has 1 saturated heterocycles. The number of piperidine rings is 1. The molecule has 0 radical (unpaired) electrons. The van der Waals surface area contributed by atoms with E-state index in [0.717, 1.165) is 12.1 Å². The molecule has 0 atom stereocenters. The molecule has 0 unspecified atom stereocenters. The van der Waals surface area contributed by atoms with E-state index < -0.39 is 27.4 Å². The van der Waals surface area contributed by atoms with Gasteiger partial charge in [-0.1, -0.05) is 29.8 Å². The molecule has 2 aromatic rings. The van der Waals surface area contributed by atoms with E-state index >= 15 is 0 Å². The van der Waals surface area contributed by atoms with Crippen molar-refractivity contribution in [3.8, 4) is 0 Å². The highest BCUT2D eigenvalue weighted by atomic mass is 35.5. The predicted octanol–water partition coefficient (Wildman–Crippen LogP) is 4.03. The molecule has 0 spiro atoms. The average molecular weight is 420 g/mol. The van der Waals surface area contributed by atoms with Crippen LogP contribution in [0.4, 0.5) is 13.2 Å². The largest absolute Gasteiger partial charge is 0.416 e. The van der Waals surface area contributed by atoms with Crippen LogP contribution in [-0.2, 0) is 21.8 Å². The second-order valence-electron chi connectivity index (χ2n) is 6.47. The Morgan fingerprint density at radius 2 is 1.67 bits per heavy atom. The molecule has 146 valence electrons. The van der Waals surface area contributed by atoms with E-state index in [1.807, 2.05) is 0 Å². The zero-order valence-electron chi connectivity index (χ0n) is 14.1. The number of halogens is 4. The van der Waals surface area contributed by atoms with Gasteiger partial charge in [-0.2, -0.15) is 17.5 Å². The minimum atomic E-state index is -4.51. The van der Waals surface area contributed by atoms with Crippen LogP contribution in [0.1, 0.15) is 24.0 Å². The van der Waals surface area contributed by atoms with Crippen molar-refractivity contribution >= 4 is 21.6 Å². The number of aliphatic hydroxyl groups is 1. The summed E-state index contributed by atoms with van der Waals surface area (Å²) in [6.07, 6.45) is -4.52. The van der Waals surface area contributed by atoms with E-state index in [1.54, 1.807) is 6.07 Å². The Morgan fingerprint density at radius 3 is 2.26 bits per heavy atom. The molecule has 2 aromatic carbocycles. The third kappa shape index (κ3) is 4.13. The van der Waals surface area contributed by atoms with Gasteiger partial charge in [0, 0.05) is 18.1 Å². The van der Waals surface area contributed by atoms with Gasteiger partial charge in [-0.15, -0.1) is 0 Å². The lowest BCUT2D eigenvalue weighted by Crippen LogP contribution is -2.45. The summed E-state index contributed by atoms with van der Waals surface area (Å²) in [6.45, 7) is -0.0246. The van der Waals surface area contributed by atoms with Crippen LogP contribution in [0.3, 0.4) is 0 Å². The molecular formula is C18H17ClF3NO3S. The van der Waals surface area contributed by atoms with E-state index in [9.17, 15) is 26.7 Å². The molecule has 1 N–H and O–H groups in total. The number of hydrogen-bond donors (Lipinski definition) is 1. The standard InChI is InChI=1S/C18H17ClF3NO3S/c19-15-5-2-6-16(12-15)27(25,26)23-9-7-17(24,8-10-23)13-3-1-4-14(11-13)18(20,21)22/h1-6,11-12,24H,7-10H2. The number of rotatable bonds is 3. The maximum Gasteiger partial charge on any atom is 0.416 e. The monoisotopic (exact) mass is 419 g/mol. The van der Waals surface area contributed by atoms with Crippen LogP contribution in [-0.4, -0.2) is 30.9 Å². The Bertz CT molecular complexity index is 939. The molecule has 1 heterocycles. The van der Waals surface area contributed by atoms with Crippen molar-refractivity contribution in [3.05, 3.63) is 64.7 Å². The second-order valence-corrected chi connectivity index (χ2v) is 8.85. The Hall–Kier alpha value is -1.61. The third-order valence-corrected chi connectivity index (χ3v) is 6.84. The lowest BCUT2D eigenvalue weighted by molar-refractivity contribution is -0.137. The third-order valence-electron chi connectivity index (χ3n) is 4.71. The molecule has 0 aromatic heterocycles. The number of sulfonamides is 1. The van der Waals surface area contributed by atoms with Gasteiger partial charge in [-0.3, -0.25) is 0 Å². The average Bonchev–Trinajstić information content (AvgIpc) is 2.61. The summed E-state index contributed by atoms with van der Waals surface area (Å²) in [5.74, 6) is 0. The van der Waals surface area contributed by atoms with Crippen molar-refractivity contribution in [1.29, 1.82) is 0 Å². The molecule has 1 aliphatic rings. The Kier molecular flexibility index (Phi) is 5.28. The number of hydrogen-bond acceptors (Lipinski definition) is 3. The maximum absolute atomic E-state index is 12.9. The quantitative estimate of drug-likeness (QED) is 0.817. The van der Waals surface area contributed by atoms with Gasteiger partial charge in [0.1, 0.15) is 0 Å². The van der Waals surface area contributed by atoms with Gasteiger partial charge in [-0.05, 0) is 48.7 Å². The molecule has 3 rings (SSSR count). The van der Waals surface area contributed by atoms with Crippen molar-refractivity contribution in [3.63, 3.8) is 0 Å². The molecule has 9 heteroatoms. The zero-order valence-corrected chi connectivity index (χ0v) is 15.7. The van der Waals surface area contributed by atoms with E-state index in [1.165, 1.54) is 34.6 Å². The summed E-state index contributed by atoms with van der Waals surface area (Å²) in [7, 11) is -3.79. The van der Waals surface area contributed by atoms with Crippen molar-refractivity contribution < 1.29 is 26.7 Å². The smallest absolute Gasteiger partial charge is 0.385 e. The molecule has 0 saturated carbocycles. The zero-order chi connectivity index (χ0) is 19.9. The molecule has 27 heavy (non-hydrogen) atoms. The topological polar surface area (TPSA) is 57.6 Å². The fourth-order valence-corrected chi connectivity index (χ4v) is 4.89. The maximum atomic E-state index is 12.9. The first-order chi connectivity index (χ1) is 12.5. The van der Waals surface area contributed by atoms with Crippen molar-refractivity contribution in [2.75, 3.05) is 13.1 Å². The molecule has 4 nitrogen and oxygen atoms in total. The first-order valence-electron chi connectivity index (χ1n) is 8.18. The molecular weight excluding hydrogens is 403 g/mol. The lowest BCUT2D eigenvalue weighted by atomic mass is 9.84. The molecule has 0 amide bonds. The molecule has 1 fully saturated rings. The van der Waals surface area contributed by atoms with Crippen LogP contribution in [0.25, 0.3) is 0 Å². The van der Waals surface area contributed by atoms with Gasteiger partial charge in [0.15, 0.2) is 0 Å². The first-order valence-corrected chi connectivity index (χ1v) is 10.00. The fourth-order valence-electron chi connectivity index (χ4n) is 3.15. The summed E-state index contributed by atoms with van der Waals surface area (Å²) in [5.41, 5.74) is -2.22. The van der Waals surface area contributed by atoms with Crippen LogP contribution in [0.2, 0.25) is 5.02 Å². The van der Waals surface area contributed by atoms with Crippen LogP contribution < -0.4 is 0 Å². The summed E-state index contributed by atoms with van der Waals surface area (Å²) in [5, 5.41) is 11.1. The number of nitrogens with zero attached hydrogens (tertiary/aromatic N) is 1. The van der Waals surface area contributed by atoms with Crippen LogP contribution in [0, 0.1) is 0 Å². The number of alkyl halides is 3. The van der Waals surface area contributed by atoms with Crippen LogP contribution >= 0.6 is 11.6 Å². The van der Waals surface area contributed by atoms with E-state index in [0.29, 0.717) is 0 Å². The van der Waals surface area contributed by atoms with Crippen molar-refractivity contribution in [1.82, 2.24) is 4.31 Å². The highest BCUT2D eigenvalue weighted by Crippen LogP contribution is 2.37. The number of benzene rings is 2. The van der Waals surface area contributed by atoms with Gasteiger partial charge in [0.25, 0.3) is 0 Å². The van der Waals surface area contributed by atoms with E-state index in [-0.39, 0.29) is 41.4 Å². The minimum absolute atomic E-state index is 0.00585. The Balaban J connectivity index is 1.80. The van der Waals surface area contributed by atoms with Crippen molar-refractivity contribution in [2.24, 2.45) is 0 Å². The van der Waals surface area contributed by atoms with Gasteiger partial charge in [0.05, 0.1) is 16.1 Å². The summed E-state index contributed by atoms with van der Waals surface area (Å²) in [4.78, 5) is 0.0412. The summed E-state index contributed by atoms with van der Waals surface area (Å²) in [6, 6.07) is 10.4. The van der Waals surface area contributed by atoms with E-state index in [4.69, 9.17) is 11.6 Å². The van der Waals surface area contributed by atoms with E-state index in [2.05, 4.69) is 0 Å². The Morgan fingerprint density at radius 1 is 1.04 bits per heavy atom. The Labute approximate surface area is 160 Å². The predicted molar refractivity (Wildman–Crippen MR) is 94.8 cm³/mol. The first kappa shape index (κ1) is 20.1.